The van der Waals surface area contributed by atoms with Crippen molar-refractivity contribution in [1.29, 1.82) is 0 Å². The zero-order chi connectivity index (χ0) is 9.80. The fourth-order valence-corrected chi connectivity index (χ4v) is 1.46. The maximum atomic E-state index is 13.1. The molecule has 1 aromatic carbocycles. The van der Waals surface area contributed by atoms with Crippen LogP contribution in [0.2, 0.25) is 0 Å². The summed E-state index contributed by atoms with van der Waals surface area (Å²) >= 11 is 1.42. The van der Waals surface area contributed by atoms with Gasteiger partial charge in [-0.1, -0.05) is 18.2 Å². The molecular formula is C10H7FN2S. The van der Waals surface area contributed by atoms with Gasteiger partial charge in [-0.05, 0) is 6.07 Å². The molecule has 1 aromatic heterocycles. The number of benzene rings is 1. The molecule has 4 heteroatoms. The molecule has 2 rings (SSSR count). The average Bonchev–Trinajstić information content (AvgIpc) is 2.69. The Morgan fingerprint density at radius 1 is 1.36 bits per heavy atom. The lowest BCUT2D eigenvalue weighted by molar-refractivity contribution is 0.626. The predicted octanol–water partition coefficient (Wildman–Crippen LogP) is 3.03. The minimum Gasteiger partial charge on any atom is -0.227 e. The van der Waals surface area contributed by atoms with Crippen LogP contribution in [0.3, 0.4) is 0 Å². The van der Waals surface area contributed by atoms with Crippen molar-refractivity contribution < 1.29 is 4.39 Å². The Kier molecular flexibility index (Phi) is 2.65. The van der Waals surface area contributed by atoms with Crippen LogP contribution in [0.25, 0.3) is 0 Å². The molecule has 0 saturated carbocycles. The van der Waals surface area contributed by atoms with Crippen LogP contribution in [0.1, 0.15) is 5.56 Å². The van der Waals surface area contributed by atoms with Crippen molar-refractivity contribution in [3.8, 4) is 0 Å². The van der Waals surface area contributed by atoms with E-state index in [0.29, 0.717) is 10.7 Å². The summed E-state index contributed by atoms with van der Waals surface area (Å²) in [6.07, 6.45) is 3.15. The van der Waals surface area contributed by atoms with E-state index in [2.05, 4.69) is 9.98 Å². The molecule has 0 atom stereocenters. The first-order valence-electron chi connectivity index (χ1n) is 4.04. The van der Waals surface area contributed by atoms with Gasteiger partial charge in [0.25, 0.3) is 0 Å². The SMILES string of the molecule is Fc1ccccc1/C=N/c1nccs1. The van der Waals surface area contributed by atoms with E-state index in [1.54, 1.807) is 24.4 Å². The van der Waals surface area contributed by atoms with E-state index in [-0.39, 0.29) is 5.82 Å². The van der Waals surface area contributed by atoms with Crippen LogP contribution in [-0.4, -0.2) is 11.2 Å². The lowest BCUT2D eigenvalue weighted by Gasteiger charge is -1.92. The summed E-state index contributed by atoms with van der Waals surface area (Å²) in [6, 6.07) is 6.50. The van der Waals surface area contributed by atoms with Crippen LogP contribution in [0, 0.1) is 5.82 Å². The van der Waals surface area contributed by atoms with Crippen molar-refractivity contribution in [2.24, 2.45) is 4.99 Å². The third-order valence-corrected chi connectivity index (χ3v) is 2.32. The quantitative estimate of drug-likeness (QED) is 0.693. The molecule has 2 nitrogen and oxygen atoms in total. The van der Waals surface area contributed by atoms with Gasteiger partial charge in [-0.2, -0.15) is 0 Å². The first kappa shape index (κ1) is 9.02. The van der Waals surface area contributed by atoms with Crippen LogP contribution < -0.4 is 0 Å². The second-order valence-corrected chi connectivity index (χ2v) is 3.47. The minimum atomic E-state index is -0.271. The second kappa shape index (κ2) is 4.11. The Morgan fingerprint density at radius 3 is 2.93 bits per heavy atom. The summed E-state index contributed by atoms with van der Waals surface area (Å²) in [6.45, 7) is 0. The van der Waals surface area contributed by atoms with Crippen molar-refractivity contribution >= 4 is 22.7 Å². The molecule has 2 aromatic rings. The number of thiazole rings is 1. The predicted molar refractivity (Wildman–Crippen MR) is 55.8 cm³/mol. The number of aliphatic imine (C=N–C) groups is 1. The Labute approximate surface area is 84.8 Å². The van der Waals surface area contributed by atoms with Crippen molar-refractivity contribution in [2.45, 2.75) is 0 Å². The smallest absolute Gasteiger partial charge is 0.209 e. The summed E-state index contributed by atoms with van der Waals surface area (Å²) in [4.78, 5) is 8.00. The molecular weight excluding hydrogens is 199 g/mol. The maximum absolute atomic E-state index is 13.1. The number of rotatable bonds is 2. The monoisotopic (exact) mass is 206 g/mol. The van der Waals surface area contributed by atoms with Crippen LogP contribution in [0.5, 0.6) is 0 Å². The lowest BCUT2D eigenvalue weighted by atomic mass is 10.2. The lowest BCUT2D eigenvalue weighted by Crippen LogP contribution is -1.85. The molecule has 0 amide bonds. The van der Waals surface area contributed by atoms with Gasteiger partial charge in [0, 0.05) is 23.4 Å². The number of aromatic nitrogens is 1. The van der Waals surface area contributed by atoms with Crippen molar-refractivity contribution in [3.63, 3.8) is 0 Å². The highest BCUT2D eigenvalue weighted by Gasteiger charge is 1.96. The highest BCUT2D eigenvalue weighted by atomic mass is 32.1. The topological polar surface area (TPSA) is 25.2 Å². The Bertz CT molecular complexity index is 437. The van der Waals surface area contributed by atoms with E-state index in [0.717, 1.165) is 0 Å². The highest BCUT2D eigenvalue weighted by molar-refractivity contribution is 7.13. The average molecular weight is 206 g/mol. The molecule has 0 saturated heterocycles. The van der Waals surface area contributed by atoms with Crippen molar-refractivity contribution in [2.75, 3.05) is 0 Å². The van der Waals surface area contributed by atoms with E-state index in [1.807, 2.05) is 5.38 Å². The molecule has 0 aliphatic rings. The summed E-state index contributed by atoms with van der Waals surface area (Å²) in [7, 11) is 0. The van der Waals surface area contributed by atoms with Crippen molar-refractivity contribution in [3.05, 3.63) is 47.2 Å². The number of hydrogen-bond acceptors (Lipinski definition) is 3. The molecule has 0 bridgehead atoms. The molecule has 0 aliphatic carbocycles. The number of hydrogen-bond donors (Lipinski definition) is 0. The van der Waals surface area contributed by atoms with Gasteiger partial charge >= 0.3 is 0 Å². The first-order chi connectivity index (χ1) is 6.86. The standard InChI is InChI=1S/C10H7FN2S/c11-9-4-2-1-3-8(9)7-13-10-12-5-6-14-10/h1-7H/b13-7+. The summed E-state index contributed by atoms with van der Waals surface area (Å²) in [5.41, 5.74) is 0.475. The minimum absolute atomic E-state index is 0.271. The zero-order valence-electron chi connectivity index (χ0n) is 7.22. The Hall–Kier alpha value is -1.55. The van der Waals surface area contributed by atoms with Gasteiger partial charge in [0.2, 0.25) is 5.13 Å². The molecule has 0 unspecified atom stereocenters. The number of nitrogens with zero attached hydrogens (tertiary/aromatic N) is 2. The van der Waals surface area contributed by atoms with Gasteiger partial charge in [0.1, 0.15) is 5.82 Å². The fraction of sp³-hybridized carbons (Fsp3) is 0. The molecule has 0 fully saturated rings. The van der Waals surface area contributed by atoms with Crippen LogP contribution >= 0.6 is 11.3 Å². The molecule has 0 N–H and O–H groups in total. The van der Waals surface area contributed by atoms with E-state index in [9.17, 15) is 4.39 Å². The van der Waals surface area contributed by atoms with Crippen LogP contribution in [-0.2, 0) is 0 Å². The van der Waals surface area contributed by atoms with E-state index in [1.165, 1.54) is 23.6 Å². The molecule has 70 valence electrons. The molecule has 0 aliphatic heterocycles. The summed E-state index contributed by atoms with van der Waals surface area (Å²) < 4.78 is 13.1. The Balaban J connectivity index is 2.23. The van der Waals surface area contributed by atoms with Gasteiger partial charge in [0.15, 0.2) is 0 Å². The van der Waals surface area contributed by atoms with Gasteiger partial charge in [-0.3, -0.25) is 0 Å². The molecule has 1 heterocycles. The van der Waals surface area contributed by atoms with Crippen LogP contribution in [0.4, 0.5) is 9.52 Å². The first-order valence-corrected chi connectivity index (χ1v) is 4.92. The molecule has 0 spiro atoms. The van der Waals surface area contributed by atoms with E-state index in [4.69, 9.17) is 0 Å². The van der Waals surface area contributed by atoms with Gasteiger partial charge in [0.05, 0.1) is 0 Å². The zero-order valence-corrected chi connectivity index (χ0v) is 8.04. The highest BCUT2D eigenvalue weighted by Crippen LogP contribution is 2.14. The van der Waals surface area contributed by atoms with Crippen molar-refractivity contribution in [1.82, 2.24) is 4.98 Å². The number of halogens is 1. The third kappa shape index (κ3) is 2.03. The normalized spacial score (nSPS) is 10.9. The molecule has 0 radical (unpaired) electrons. The summed E-state index contributed by atoms with van der Waals surface area (Å²) in [5.74, 6) is -0.271. The Morgan fingerprint density at radius 2 is 2.21 bits per heavy atom. The third-order valence-electron chi connectivity index (χ3n) is 1.64. The molecule has 14 heavy (non-hydrogen) atoms. The van der Waals surface area contributed by atoms with Gasteiger partial charge in [-0.25, -0.2) is 14.4 Å². The van der Waals surface area contributed by atoms with E-state index >= 15 is 0 Å². The fourth-order valence-electron chi connectivity index (χ4n) is 0.984. The van der Waals surface area contributed by atoms with Gasteiger partial charge < -0.3 is 0 Å². The second-order valence-electron chi connectivity index (χ2n) is 2.59. The van der Waals surface area contributed by atoms with Gasteiger partial charge in [-0.15, -0.1) is 11.3 Å². The van der Waals surface area contributed by atoms with Crippen LogP contribution in [0.15, 0.2) is 40.8 Å². The largest absolute Gasteiger partial charge is 0.227 e. The maximum Gasteiger partial charge on any atom is 0.209 e. The van der Waals surface area contributed by atoms with E-state index < -0.39 is 0 Å². The summed E-state index contributed by atoms with van der Waals surface area (Å²) in [5, 5.41) is 2.46.